The van der Waals surface area contributed by atoms with Gasteiger partial charge >= 0.3 is 0 Å². The molecule has 2 aromatic rings. The molecule has 1 fully saturated rings. The molecule has 1 aliphatic rings. The summed E-state index contributed by atoms with van der Waals surface area (Å²) in [5.41, 5.74) is 0.904. The predicted molar refractivity (Wildman–Crippen MR) is 111 cm³/mol. The number of nitrogens with one attached hydrogen (secondary N) is 1. The Morgan fingerprint density at radius 1 is 1.21 bits per heavy atom. The summed E-state index contributed by atoms with van der Waals surface area (Å²) in [6.45, 7) is 5.81. The second kappa shape index (κ2) is 8.54. The highest BCUT2D eigenvalue weighted by Gasteiger charge is 2.26. The van der Waals surface area contributed by atoms with Crippen molar-refractivity contribution in [3.05, 3.63) is 42.0 Å². The Kier molecular flexibility index (Phi) is 6.28. The van der Waals surface area contributed by atoms with Crippen LogP contribution in [0.4, 0.5) is 15.8 Å². The van der Waals surface area contributed by atoms with Gasteiger partial charge in [0.1, 0.15) is 22.1 Å². The van der Waals surface area contributed by atoms with Crippen LogP contribution in [0.2, 0.25) is 0 Å². The van der Waals surface area contributed by atoms with Crippen molar-refractivity contribution in [1.29, 1.82) is 0 Å². The van der Waals surface area contributed by atoms with Gasteiger partial charge in [0.15, 0.2) is 0 Å². The number of carbonyl (C=O) groups excluding carboxylic acids is 1. The van der Waals surface area contributed by atoms with Crippen LogP contribution >= 0.6 is 0 Å². The molecule has 1 N–H and O–H groups in total. The Morgan fingerprint density at radius 2 is 1.86 bits per heavy atom. The molecule has 0 bridgehead atoms. The summed E-state index contributed by atoms with van der Waals surface area (Å²) in [7, 11) is -2.09. The number of hydrogen-bond donors (Lipinski definition) is 1. The van der Waals surface area contributed by atoms with Crippen LogP contribution in [0.3, 0.4) is 0 Å². The average molecular weight is 423 g/mol. The fourth-order valence-corrected chi connectivity index (χ4v) is 5.18. The Labute approximate surface area is 171 Å². The Balaban J connectivity index is 1.91. The van der Waals surface area contributed by atoms with Crippen molar-refractivity contribution in [3.8, 4) is 0 Å². The molecule has 2 heterocycles. The molecule has 1 aromatic heterocycles. The lowest BCUT2D eigenvalue weighted by Crippen LogP contribution is -2.30. The first-order valence-corrected chi connectivity index (χ1v) is 11.2. The second-order valence-electron chi connectivity index (χ2n) is 7.04. The predicted octanol–water partition coefficient (Wildman–Crippen LogP) is 3.05. The molecule has 1 saturated heterocycles. The van der Waals surface area contributed by atoms with E-state index in [0.717, 1.165) is 25.9 Å². The van der Waals surface area contributed by atoms with Crippen molar-refractivity contribution >= 4 is 27.3 Å². The molecule has 0 unspecified atom stereocenters. The number of aromatic nitrogens is 1. The SMILES string of the molecule is CCN(CC)S(=O)(=O)c1cc(C(=O)Nc2c(F)cccc2N2CCCC2)n(C)c1. The van der Waals surface area contributed by atoms with Gasteiger partial charge in [-0.3, -0.25) is 4.79 Å². The normalized spacial score (nSPS) is 14.6. The third-order valence-corrected chi connectivity index (χ3v) is 7.25. The highest BCUT2D eigenvalue weighted by Crippen LogP contribution is 2.32. The third kappa shape index (κ3) is 4.16. The highest BCUT2D eigenvalue weighted by molar-refractivity contribution is 7.89. The molecule has 7 nitrogen and oxygen atoms in total. The van der Waals surface area contributed by atoms with Gasteiger partial charge in [-0.2, -0.15) is 4.31 Å². The quantitative estimate of drug-likeness (QED) is 0.744. The minimum atomic E-state index is -3.69. The number of anilines is 2. The molecular formula is C20H27FN4O3S. The van der Waals surface area contributed by atoms with E-state index in [1.54, 1.807) is 33.0 Å². The van der Waals surface area contributed by atoms with E-state index in [-0.39, 0.29) is 16.3 Å². The molecule has 0 spiro atoms. The minimum absolute atomic E-state index is 0.0437. The highest BCUT2D eigenvalue weighted by atomic mass is 32.2. The maximum absolute atomic E-state index is 14.5. The van der Waals surface area contributed by atoms with Gasteiger partial charge in [-0.1, -0.05) is 19.9 Å². The molecule has 0 saturated carbocycles. The fourth-order valence-electron chi connectivity index (χ4n) is 3.65. The molecule has 0 aliphatic carbocycles. The van der Waals surface area contributed by atoms with E-state index >= 15 is 0 Å². The smallest absolute Gasteiger partial charge is 0.272 e. The van der Waals surface area contributed by atoms with Gasteiger partial charge in [0.25, 0.3) is 5.91 Å². The number of rotatable bonds is 7. The van der Waals surface area contributed by atoms with Crippen molar-refractivity contribution in [2.24, 2.45) is 7.05 Å². The van der Waals surface area contributed by atoms with E-state index in [1.807, 2.05) is 4.90 Å². The van der Waals surface area contributed by atoms with E-state index in [2.05, 4.69) is 5.32 Å². The lowest BCUT2D eigenvalue weighted by atomic mass is 10.2. The summed E-state index contributed by atoms with van der Waals surface area (Å²) in [5, 5.41) is 2.65. The van der Waals surface area contributed by atoms with Crippen LogP contribution in [0.25, 0.3) is 0 Å². The van der Waals surface area contributed by atoms with Crippen LogP contribution < -0.4 is 10.2 Å². The minimum Gasteiger partial charge on any atom is -0.370 e. The fraction of sp³-hybridized carbons (Fsp3) is 0.450. The first kappa shape index (κ1) is 21.3. The number of halogens is 1. The maximum atomic E-state index is 14.5. The van der Waals surface area contributed by atoms with Gasteiger partial charge in [0.05, 0.1) is 5.69 Å². The Morgan fingerprint density at radius 3 is 2.48 bits per heavy atom. The largest absolute Gasteiger partial charge is 0.370 e. The average Bonchev–Trinajstić information content (AvgIpc) is 3.34. The Hall–Kier alpha value is -2.39. The van der Waals surface area contributed by atoms with Crippen molar-refractivity contribution in [3.63, 3.8) is 0 Å². The van der Waals surface area contributed by atoms with E-state index in [4.69, 9.17) is 0 Å². The summed E-state index contributed by atoms with van der Waals surface area (Å²) >= 11 is 0. The molecule has 9 heteroatoms. The van der Waals surface area contributed by atoms with Crippen LogP contribution in [0.1, 0.15) is 37.2 Å². The molecule has 1 amide bonds. The Bertz CT molecular complexity index is 993. The van der Waals surface area contributed by atoms with E-state index in [1.165, 1.54) is 27.2 Å². The van der Waals surface area contributed by atoms with E-state index < -0.39 is 21.7 Å². The molecule has 29 heavy (non-hydrogen) atoms. The van der Waals surface area contributed by atoms with Crippen molar-refractivity contribution < 1.29 is 17.6 Å². The first-order chi connectivity index (χ1) is 13.8. The number of sulfonamides is 1. The number of hydrogen-bond acceptors (Lipinski definition) is 4. The topological polar surface area (TPSA) is 74.7 Å². The molecule has 1 aliphatic heterocycles. The number of benzene rings is 1. The van der Waals surface area contributed by atoms with Crippen molar-refractivity contribution in [1.82, 2.24) is 8.87 Å². The van der Waals surface area contributed by atoms with Crippen LogP contribution in [-0.2, 0) is 17.1 Å². The van der Waals surface area contributed by atoms with Gasteiger partial charge < -0.3 is 14.8 Å². The molecule has 3 rings (SSSR count). The van der Waals surface area contributed by atoms with Crippen LogP contribution in [0.15, 0.2) is 35.4 Å². The monoisotopic (exact) mass is 422 g/mol. The molecule has 158 valence electrons. The van der Waals surface area contributed by atoms with Gasteiger partial charge in [-0.25, -0.2) is 12.8 Å². The van der Waals surface area contributed by atoms with Crippen LogP contribution in [-0.4, -0.2) is 49.4 Å². The van der Waals surface area contributed by atoms with Crippen LogP contribution in [0.5, 0.6) is 0 Å². The van der Waals surface area contributed by atoms with E-state index in [9.17, 15) is 17.6 Å². The second-order valence-corrected chi connectivity index (χ2v) is 8.98. The lowest BCUT2D eigenvalue weighted by Gasteiger charge is -2.22. The zero-order chi connectivity index (χ0) is 21.2. The number of aryl methyl sites for hydroxylation is 1. The summed E-state index contributed by atoms with van der Waals surface area (Å²) in [6.07, 6.45) is 3.45. The zero-order valence-electron chi connectivity index (χ0n) is 17.0. The number of nitrogens with zero attached hydrogens (tertiary/aromatic N) is 3. The van der Waals surface area contributed by atoms with Gasteiger partial charge in [-0.05, 0) is 31.0 Å². The number of carbonyl (C=O) groups is 1. The van der Waals surface area contributed by atoms with Gasteiger partial charge in [0, 0.05) is 39.4 Å². The van der Waals surface area contributed by atoms with Gasteiger partial charge in [0.2, 0.25) is 10.0 Å². The van der Waals surface area contributed by atoms with Crippen molar-refractivity contribution in [2.75, 3.05) is 36.4 Å². The maximum Gasteiger partial charge on any atom is 0.272 e. The standard InChI is InChI=1S/C20H27FN4O3S/c1-4-25(5-2)29(27,28)15-13-18(23(3)14-15)20(26)22-19-16(21)9-8-10-17(19)24-11-6-7-12-24/h8-10,13-14H,4-7,11-12H2,1-3H3,(H,22,26). The van der Waals surface area contributed by atoms with Gasteiger partial charge in [-0.15, -0.1) is 0 Å². The molecule has 0 atom stereocenters. The molecule has 0 radical (unpaired) electrons. The zero-order valence-corrected chi connectivity index (χ0v) is 17.8. The number of amides is 1. The summed E-state index contributed by atoms with van der Waals surface area (Å²) in [6, 6.07) is 6.04. The lowest BCUT2D eigenvalue weighted by molar-refractivity contribution is 0.101. The molecular weight excluding hydrogens is 395 g/mol. The molecule has 1 aromatic carbocycles. The summed E-state index contributed by atoms with van der Waals surface area (Å²) in [5.74, 6) is -1.08. The summed E-state index contributed by atoms with van der Waals surface area (Å²) < 4.78 is 42.8. The summed E-state index contributed by atoms with van der Waals surface area (Å²) in [4.78, 5) is 15.0. The van der Waals surface area contributed by atoms with E-state index in [0.29, 0.717) is 18.8 Å². The third-order valence-electron chi connectivity index (χ3n) is 5.23. The van der Waals surface area contributed by atoms with Crippen LogP contribution in [0, 0.1) is 5.82 Å². The van der Waals surface area contributed by atoms with Crippen molar-refractivity contribution in [2.45, 2.75) is 31.6 Å². The number of para-hydroxylation sites is 1. The first-order valence-electron chi connectivity index (χ1n) is 9.80.